The third kappa shape index (κ3) is 2.37. The van der Waals surface area contributed by atoms with Gasteiger partial charge in [0.1, 0.15) is 5.82 Å². The summed E-state index contributed by atoms with van der Waals surface area (Å²) in [5.41, 5.74) is 0. The Morgan fingerprint density at radius 1 is 1.42 bits per heavy atom. The van der Waals surface area contributed by atoms with E-state index in [-0.39, 0.29) is 5.91 Å². The molecule has 0 aliphatic carbocycles. The molecular weight excluding hydrogens is 258 g/mol. The lowest BCUT2D eigenvalue weighted by Gasteiger charge is -2.14. The van der Waals surface area contributed by atoms with Crippen LogP contribution in [0, 0.1) is 0 Å². The lowest BCUT2D eigenvalue weighted by atomic mass is 10.2. The standard InChI is InChI=1S/C14H13N3OS/c1-17(9-13-15-6-7-16-13)14(18)12-8-10-4-2-3-5-11(10)19-12/h2-8H,9H2,1H3,(H,15,16). The van der Waals surface area contributed by atoms with E-state index in [9.17, 15) is 4.79 Å². The second kappa shape index (κ2) is 4.85. The normalized spacial score (nSPS) is 10.8. The SMILES string of the molecule is CN(Cc1ncc[nH]1)C(=O)c1cc2ccccc2s1. The van der Waals surface area contributed by atoms with Crippen LogP contribution < -0.4 is 0 Å². The van der Waals surface area contributed by atoms with Crippen LogP contribution in [0.1, 0.15) is 15.5 Å². The average molecular weight is 271 g/mol. The van der Waals surface area contributed by atoms with Gasteiger partial charge in [-0.3, -0.25) is 4.79 Å². The van der Waals surface area contributed by atoms with Crippen LogP contribution in [0.4, 0.5) is 0 Å². The van der Waals surface area contributed by atoms with E-state index >= 15 is 0 Å². The Morgan fingerprint density at radius 3 is 3.00 bits per heavy atom. The Balaban J connectivity index is 1.82. The first-order valence-electron chi connectivity index (χ1n) is 5.96. The highest BCUT2D eigenvalue weighted by Crippen LogP contribution is 2.26. The molecule has 0 radical (unpaired) electrons. The van der Waals surface area contributed by atoms with Gasteiger partial charge in [-0.25, -0.2) is 4.98 Å². The number of aromatic nitrogens is 2. The fraction of sp³-hybridized carbons (Fsp3) is 0.143. The molecule has 2 heterocycles. The quantitative estimate of drug-likeness (QED) is 0.796. The summed E-state index contributed by atoms with van der Waals surface area (Å²) in [6.07, 6.45) is 3.44. The van der Waals surface area contributed by atoms with Gasteiger partial charge in [0, 0.05) is 24.1 Å². The van der Waals surface area contributed by atoms with E-state index in [1.54, 1.807) is 24.3 Å². The molecule has 0 unspecified atom stereocenters. The van der Waals surface area contributed by atoms with Crippen molar-refractivity contribution in [2.45, 2.75) is 6.54 Å². The summed E-state index contributed by atoms with van der Waals surface area (Å²) in [6.45, 7) is 0.486. The van der Waals surface area contributed by atoms with Crippen LogP contribution in [0.25, 0.3) is 10.1 Å². The number of H-pyrrole nitrogens is 1. The van der Waals surface area contributed by atoms with Crippen LogP contribution in [-0.2, 0) is 6.54 Å². The van der Waals surface area contributed by atoms with Gasteiger partial charge in [0.05, 0.1) is 11.4 Å². The van der Waals surface area contributed by atoms with Crippen molar-refractivity contribution in [2.75, 3.05) is 7.05 Å². The topological polar surface area (TPSA) is 49.0 Å². The Kier molecular flexibility index (Phi) is 3.05. The largest absolute Gasteiger partial charge is 0.347 e. The maximum atomic E-state index is 12.3. The van der Waals surface area contributed by atoms with Gasteiger partial charge in [-0.1, -0.05) is 18.2 Å². The monoisotopic (exact) mass is 271 g/mol. The summed E-state index contributed by atoms with van der Waals surface area (Å²) >= 11 is 1.52. The number of nitrogens with zero attached hydrogens (tertiary/aromatic N) is 2. The number of thiophene rings is 1. The molecule has 19 heavy (non-hydrogen) atoms. The lowest BCUT2D eigenvalue weighted by molar-refractivity contribution is 0.0787. The van der Waals surface area contributed by atoms with Gasteiger partial charge in [0.25, 0.3) is 5.91 Å². The molecule has 0 atom stereocenters. The van der Waals surface area contributed by atoms with Gasteiger partial charge < -0.3 is 9.88 Å². The molecule has 0 saturated carbocycles. The molecule has 0 bridgehead atoms. The van der Waals surface area contributed by atoms with Crippen LogP contribution in [0.5, 0.6) is 0 Å². The third-order valence-electron chi connectivity index (χ3n) is 2.92. The van der Waals surface area contributed by atoms with Gasteiger partial charge in [-0.15, -0.1) is 11.3 Å². The molecule has 2 aromatic heterocycles. The van der Waals surface area contributed by atoms with E-state index < -0.39 is 0 Å². The number of carbonyl (C=O) groups excluding carboxylic acids is 1. The minimum absolute atomic E-state index is 0.0256. The summed E-state index contributed by atoms with van der Waals surface area (Å²) in [5, 5.41) is 1.11. The lowest BCUT2D eigenvalue weighted by Crippen LogP contribution is -2.25. The second-order valence-corrected chi connectivity index (χ2v) is 5.43. The second-order valence-electron chi connectivity index (χ2n) is 4.35. The number of imidazole rings is 1. The minimum atomic E-state index is 0.0256. The van der Waals surface area contributed by atoms with Crippen LogP contribution in [0.3, 0.4) is 0 Å². The zero-order valence-electron chi connectivity index (χ0n) is 10.5. The molecule has 0 spiro atoms. The average Bonchev–Trinajstić information content (AvgIpc) is 3.05. The molecule has 0 aliphatic rings. The van der Waals surface area contributed by atoms with Crippen molar-refractivity contribution in [3.05, 3.63) is 53.4 Å². The molecule has 1 amide bonds. The summed E-state index contributed by atoms with van der Waals surface area (Å²) in [6, 6.07) is 9.97. The van der Waals surface area contributed by atoms with Crippen molar-refractivity contribution in [1.82, 2.24) is 14.9 Å². The van der Waals surface area contributed by atoms with Gasteiger partial charge >= 0.3 is 0 Å². The van der Waals surface area contributed by atoms with E-state index in [1.165, 1.54) is 11.3 Å². The zero-order valence-corrected chi connectivity index (χ0v) is 11.3. The fourth-order valence-electron chi connectivity index (χ4n) is 1.96. The maximum absolute atomic E-state index is 12.3. The van der Waals surface area contributed by atoms with Crippen LogP contribution in [-0.4, -0.2) is 27.8 Å². The van der Waals surface area contributed by atoms with Gasteiger partial charge in [-0.05, 0) is 17.5 Å². The number of aromatic amines is 1. The predicted molar refractivity (Wildman–Crippen MR) is 76.2 cm³/mol. The first kappa shape index (κ1) is 11.9. The molecule has 0 saturated heterocycles. The van der Waals surface area contributed by atoms with E-state index in [2.05, 4.69) is 9.97 Å². The molecule has 3 rings (SSSR count). The molecule has 0 fully saturated rings. The van der Waals surface area contributed by atoms with Crippen LogP contribution in [0.2, 0.25) is 0 Å². The molecule has 3 aromatic rings. The van der Waals surface area contributed by atoms with Crippen molar-refractivity contribution in [1.29, 1.82) is 0 Å². The number of rotatable bonds is 3. The molecule has 1 N–H and O–H groups in total. The minimum Gasteiger partial charge on any atom is -0.347 e. The van der Waals surface area contributed by atoms with Gasteiger partial charge in [0.2, 0.25) is 0 Å². The van der Waals surface area contributed by atoms with E-state index in [1.807, 2.05) is 30.3 Å². The zero-order chi connectivity index (χ0) is 13.2. The van der Waals surface area contributed by atoms with Crippen LogP contribution in [0.15, 0.2) is 42.7 Å². The first-order chi connectivity index (χ1) is 9.24. The summed E-state index contributed by atoms with van der Waals surface area (Å²) in [5.74, 6) is 0.814. The van der Waals surface area contributed by atoms with E-state index in [0.29, 0.717) is 6.54 Å². The number of benzene rings is 1. The van der Waals surface area contributed by atoms with Crippen LogP contribution >= 0.6 is 11.3 Å². The first-order valence-corrected chi connectivity index (χ1v) is 6.78. The Bertz CT molecular complexity index is 669. The highest BCUT2D eigenvalue weighted by Gasteiger charge is 2.15. The molecule has 96 valence electrons. The van der Waals surface area contributed by atoms with Crippen molar-refractivity contribution < 1.29 is 4.79 Å². The van der Waals surface area contributed by atoms with Gasteiger partial charge in [0.15, 0.2) is 0 Å². The van der Waals surface area contributed by atoms with E-state index in [4.69, 9.17) is 0 Å². The number of hydrogen-bond acceptors (Lipinski definition) is 3. The Labute approximate surface area is 114 Å². The van der Waals surface area contributed by atoms with Crippen molar-refractivity contribution in [3.8, 4) is 0 Å². The summed E-state index contributed by atoms with van der Waals surface area (Å²) in [4.78, 5) is 21.9. The molecule has 1 aromatic carbocycles. The number of carbonyl (C=O) groups is 1. The van der Waals surface area contributed by atoms with Crippen molar-refractivity contribution >= 4 is 27.3 Å². The number of amides is 1. The van der Waals surface area contributed by atoms with Crippen molar-refractivity contribution in [3.63, 3.8) is 0 Å². The third-order valence-corrected chi connectivity index (χ3v) is 4.03. The highest BCUT2D eigenvalue weighted by atomic mass is 32.1. The Morgan fingerprint density at radius 2 is 2.26 bits per heavy atom. The molecule has 4 nitrogen and oxygen atoms in total. The van der Waals surface area contributed by atoms with Crippen molar-refractivity contribution in [2.24, 2.45) is 0 Å². The molecular formula is C14H13N3OS. The van der Waals surface area contributed by atoms with E-state index in [0.717, 1.165) is 20.8 Å². The predicted octanol–water partition coefficient (Wildman–Crippen LogP) is 2.90. The van der Waals surface area contributed by atoms with Gasteiger partial charge in [-0.2, -0.15) is 0 Å². The Hall–Kier alpha value is -2.14. The number of nitrogens with one attached hydrogen (secondary N) is 1. The number of hydrogen-bond donors (Lipinski definition) is 1. The fourth-order valence-corrected chi connectivity index (χ4v) is 3.01. The maximum Gasteiger partial charge on any atom is 0.264 e. The summed E-state index contributed by atoms with van der Waals surface area (Å²) in [7, 11) is 1.79. The number of fused-ring (bicyclic) bond motifs is 1. The highest BCUT2D eigenvalue weighted by molar-refractivity contribution is 7.20. The molecule has 0 aliphatic heterocycles. The molecule has 5 heteroatoms. The smallest absolute Gasteiger partial charge is 0.264 e. The summed E-state index contributed by atoms with van der Waals surface area (Å²) < 4.78 is 1.14.